The van der Waals surface area contributed by atoms with Crippen molar-refractivity contribution in [2.45, 2.75) is 6.92 Å². The number of anilines is 1. The third-order valence-electron chi connectivity index (χ3n) is 1.76. The number of nitrogens with zero attached hydrogens (tertiary/aromatic N) is 3. The van der Waals surface area contributed by atoms with E-state index < -0.39 is 5.97 Å². The zero-order chi connectivity index (χ0) is 12.7. The number of hydrogen-bond acceptors (Lipinski definition) is 5. The third kappa shape index (κ3) is 3.90. The second-order valence-corrected chi connectivity index (χ2v) is 3.02. The van der Waals surface area contributed by atoms with Crippen molar-refractivity contribution in [3.05, 3.63) is 24.3 Å². The monoisotopic (exact) mass is 236 g/mol. The first-order valence-electron chi connectivity index (χ1n) is 4.76. The Morgan fingerprint density at radius 1 is 1.47 bits per heavy atom. The van der Waals surface area contributed by atoms with Gasteiger partial charge in [-0.1, -0.05) is 12.1 Å². The minimum Gasteiger partial charge on any atom is -0.424 e. The summed E-state index contributed by atoms with van der Waals surface area (Å²) in [5.74, 6) is -0.0543. The van der Waals surface area contributed by atoms with E-state index in [9.17, 15) is 9.59 Å². The molecule has 0 aromatic heterocycles. The molecule has 7 heteroatoms. The second-order valence-electron chi connectivity index (χ2n) is 3.02. The summed E-state index contributed by atoms with van der Waals surface area (Å²) in [6, 6.07) is 6.84. The molecule has 0 bridgehead atoms. The molecule has 0 heterocycles. The van der Waals surface area contributed by atoms with E-state index >= 15 is 0 Å². The second kappa shape index (κ2) is 6.21. The normalized spacial score (nSPS) is 10.0. The molecule has 7 nitrogen and oxygen atoms in total. The highest BCUT2D eigenvalue weighted by Gasteiger charge is 2.09. The van der Waals surface area contributed by atoms with Gasteiger partial charge < -0.3 is 4.74 Å². The van der Waals surface area contributed by atoms with Crippen LogP contribution >= 0.6 is 0 Å². The number of hydrogen-bond donors (Lipinski definition) is 1. The lowest BCUT2D eigenvalue weighted by Gasteiger charge is -2.14. The summed E-state index contributed by atoms with van der Waals surface area (Å²) < 4.78 is 5.00. The van der Waals surface area contributed by atoms with Crippen LogP contribution < -0.4 is 15.2 Å². The number of benzene rings is 1. The Bertz CT molecular complexity index is 433. The maximum absolute atomic E-state index is 10.9. The summed E-state index contributed by atoms with van der Waals surface area (Å²) in [6.07, 6.45) is 0.398. The molecule has 1 aromatic carbocycles. The van der Waals surface area contributed by atoms with Crippen molar-refractivity contribution >= 4 is 18.1 Å². The van der Waals surface area contributed by atoms with Gasteiger partial charge in [0.25, 0.3) is 0 Å². The first-order chi connectivity index (χ1) is 8.15. The summed E-state index contributed by atoms with van der Waals surface area (Å²) in [7, 11) is 1.61. The van der Waals surface area contributed by atoms with Crippen molar-refractivity contribution < 1.29 is 14.3 Å². The Kier molecular flexibility index (Phi) is 4.61. The van der Waals surface area contributed by atoms with E-state index in [2.05, 4.69) is 10.4 Å². The molecule has 1 amide bonds. The van der Waals surface area contributed by atoms with Crippen LogP contribution in [0.5, 0.6) is 5.75 Å². The van der Waals surface area contributed by atoms with Gasteiger partial charge in [-0.05, 0) is 22.6 Å². The van der Waals surface area contributed by atoms with Crippen molar-refractivity contribution in [1.29, 1.82) is 0 Å². The predicted octanol–water partition coefficient (Wildman–Crippen LogP) is 1.08. The molecule has 17 heavy (non-hydrogen) atoms. The molecule has 90 valence electrons. The summed E-state index contributed by atoms with van der Waals surface area (Å²) in [5.41, 5.74) is 2.59. The number of para-hydroxylation sites is 2. The molecular weight excluding hydrogens is 224 g/mol. The minimum atomic E-state index is -0.422. The lowest BCUT2D eigenvalue weighted by atomic mass is 10.3. The van der Waals surface area contributed by atoms with Crippen LogP contribution in [0.2, 0.25) is 0 Å². The van der Waals surface area contributed by atoms with Crippen LogP contribution in [-0.4, -0.2) is 19.4 Å². The highest BCUT2D eigenvalue weighted by molar-refractivity contribution is 5.72. The largest absolute Gasteiger partial charge is 0.424 e. The Balaban J connectivity index is 2.88. The third-order valence-corrected chi connectivity index (χ3v) is 1.76. The summed E-state index contributed by atoms with van der Waals surface area (Å²) in [4.78, 5) is 20.9. The zero-order valence-electron chi connectivity index (χ0n) is 9.45. The highest BCUT2D eigenvalue weighted by atomic mass is 16.5. The molecule has 0 saturated heterocycles. The molecule has 0 unspecified atom stereocenters. The number of amides is 1. The molecular formula is C10H12N4O3. The van der Waals surface area contributed by atoms with E-state index in [4.69, 9.17) is 4.74 Å². The standard InChI is InChI=1S/C10H12N4O3/c1-8(16)17-10-6-4-3-5-9(10)14(2)13-12-11-7-15/h3-7H,1-2H3,(H,11,13,15). The molecule has 0 aliphatic rings. The van der Waals surface area contributed by atoms with Crippen LogP contribution in [0.4, 0.5) is 5.69 Å². The molecule has 1 aromatic rings. The maximum atomic E-state index is 10.9. The fraction of sp³-hybridized carbons (Fsp3) is 0.200. The van der Waals surface area contributed by atoms with Crippen LogP contribution in [0.15, 0.2) is 34.7 Å². The summed E-state index contributed by atoms with van der Waals surface area (Å²) >= 11 is 0. The average Bonchev–Trinajstić information content (AvgIpc) is 2.29. The van der Waals surface area contributed by atoms with Gasteiger partial charge in [0.15, 0.2) is 5.75 Å². The van der Waals surface area contributed by atoms with Crippen molar-refractivity contribution in [1.82, 2.24) is 5.43 Å². The van der Waals surface area contributed by atoms with Crippen LogP contribution in [0.25, 0.3) is 0 Å². The van der Waals surface area contributed by atoms with E-state index in [0.29, 0.717) is 17.8 Å². The SMILES string of the molecule is CC(=O)Oc1ccccc1N(C)/N=N\NC=O. The first-order valence-corrected chi connectivity index (χ1v) is 4.76. The van der Waals surface area contributed by atoms with E-state index in [1.165, 1.54) is 11.9 Å². The summed E-state index contributed by atoms with van der Waals surface area (Å²) in [5, 5.41) is 8.43. The van der Waals surface area contributed by atoms with E-state index in [0.717, 1.165) is 0 Å². The van der Waals surface area contributed by atoms with Crippen LogP contribution in [0.1, 0.15) is 6.92 Å². The van der Waals surface area contributed by atoms with Gasteiger partial charge in [0.05, 0.1) is 0 Å². The molecule has 0 saturated carbocycles. The van der Waals surface area contributed by atoms with Gasteiger partial charge in [-0.3, -0.25) is 9.59 Å². The van der Waals surface area contributed by atoms with Crippen molar-refractivity contribution in [3.63, 3.8) is 0 Å². The smallest absolute Gasteiger partial charge is 0.308 e. The van der Waals surface area contributed by atoms with Gasteiger partial charge in [-0.15, -0.1) is 0 Å². The molecule has 0 spiro atoms. The Hall–Kier alpha value is -2.44. The van der Waals surface area contributed by atoms with Gasteiger partial charge in [0, 0.05) is 14.0 Å². The molecule has 1 rings (SSSR count). The molecule has 1 N–H and O–H groups in total. The van der Waals surface area contributed by atoms with Crippen LogP contribution in [-0.2, 0) is 9.59 Å². The van der Waals surface area contributed by atoms with E-state index in [1.54, 1.807) is 31.3 Å². The fourth-order valence-corrected chi connectivity index (χ4v) is 1.13. The quantitative estimate of drug-likeness (QED) is 0.272. The predicted molar refractivity (Wildman–Crippen MR) is 60.2 cm³/mol. The topological polar surface area (TPSA) is 83.4 Å². The molecule has 0 atom stereocenters. The number of rotatable bonds is 5. The minimum absolute atomic E-state index is 0.368. The van der Waals surface area contributed by atoms with E-state index in [-0.39, 0.29) is 0 Å². The number of carbonyl (C=O) groups is 2. The van der Waals surface area contributed by atoms with Gasteiger partial charge in [-0.25, -0.2) is 10.4 Å². The zero-order valence-corrected chi connectivity index (χ0v) is 9.45. The molecule has 0 aliphatic carbocycles. The van der Waals surface area contributed by atoms with Gasteiger partial charge in [-0.2, -0.15) is 0 Å². The van der Waals surface area contributed by atoms with Crippen molar-refractivity contribution in [2.75, 3.05) is 12.1 Å². The number of carbonyl (C=O) groups excluding carboxylic acids is 2. The Morgan fingerprint density at radius 2 is 2.18 bits per heavy atom. The Labute approximate surface area is 98.0 Å². The lowest BCUT2D eigenvalue weighted by molar-refractivity contribution is -0.131. The van der Waals surface area contributed by atoms with E-state index in [1.807, 2.05) is 5.43 Å². The maximum Gasteiger partial charge on any atom is 0.308 e. The average molecular weight is 236 g/mol. The number of nitrogens with one attached hydrogen (secondary N) is 1. The highest BCUT2D eigenvalue weighted by Crippen LogP contribution is 2.27. The number of esters is 1. The van der Waals surface area contributed by atoms with Crippen LogP contribution in [0.3, 0.4) is 0 Å². The molecule has 0 fully saturated rings. The van der Waals surface area contributed by atoms with Crippen LogP contribution in [0, 0.1) is 0 Å². The van der Waals surface area contributed by atoms with Gasteiger partial charge >= 0.3 is 5.97 Å². The lowest BCUT2D eigenvalue weighted by Crippen LogP contribution is -2.13. The van der Waals surface area contributed by atoms with Gasteiger partial charge in [0.1, 0.15) is 5.69 Å². The number of ether oxygens (including phenoxy) is 1. The first kappa shape index (κ1) is 12.6. The summed E-state index contributed by atoms with van der Waals surface area (Å²) in [6.45, 7) is 1.31. The molecule has 0 radical (unpaired) electrons. The van der Waals surface area contributed by atoms with Crippen molar-refractivity contribution in [3.8, 4) is 5.75 Å². The fourth-order valence-electron chi connectivity index (χ4n) is 1.13. The molecule has 0 aliphatic heterocycles. The Morgan fingerprint density at radius 3 is 2.82 bits per heavy atom. The van der Waals surface area contributed by atoms with Gasteiger partial charge in [0.2, 0.25) is 6.41 Å². The van der Waals surface area contributed by atoms with Crippen molar-refractivity contribution in [2.24, 2.45) is 10.4 Å².